The van der Waals surface area contributed by atoms with Gasteiger partial charge in [0.05, 0.1) is 10.6 Å². The minimum Gasteiger partial charge on any atom is -0.296 e. The molecular weight excluding hydrogens is 280 g/mol. The second-order valence-electron chi connectivity index (χ2n) is 3.97. The van der Waals surface area contributed by atoms with E-state index in [1.165, 1.54) is 0 Å². The van der Waals surface area contributed by atoms with Gasteiger partial charge in [0.2, 0.25) is 5.13 Å². The SMILES string of the molecule is Cc1nc(-n2nnc(C=O)c2-c2cccs2)sc1C. The van der Waals surface area contributed by atoms with E-state index in [-0.39, 0.29) is 0 Å². The van der Waals surface area contributed by atoms with Gasteiger partial charge in [0, 0.05) is 4.88 Å². The summed E-state index contributed by atoms with van der Waals surface area (Å²) in [5, 5.41) is 10.7. The lowest BCUT2D eigenvalue weighted by Gasteiger charge is -2.00. The highest BCUT2D eigenvalue weighted by Crippen LogP contribution is 2.30. The first-order chi connectivity index (χ1) is 9.20. The maximum Gasteiger partial charge on any atom is 0.212 e. The molecule has 0 amide bonds. The summed E-state index contributed by atoms with van der Waals surface area (Å²) in [5.74, 6) is 0. The first-order valence-corrected chi connectivity index (χ1v) is 7.29. The van der Waals surface area contributed by atoms with Crippen molar-refractivity contribution in [1.82, 2.24) is 20.0 Å². The molecule has 0 aliphatic carbocycles. The van der Waals surface area contributed by atoms with Gasteiger partial charge < -0.3 is 0 Å². The van der Waals surface area contributed by atoms with E-state index in [0.717, 1.165) is 26.9 Å². The van der Waals surface area contributed by atoms with Crippen molar-refractivity contribution >= 4 is 29.0 Å². The van der Waals surface area contributed by atoms with Crippen LogP contribution in [0.15, 0.2) is 17.5 Å². The highest BCUT2D eigenvalue weighted by atomic mass is 32.1. The molecule has 0 fully saturated rings. The van der Waals surface area contributed by atoms with Crippen molar-refractivity contribution in [2.75, 3.05) is 0 Å². The Kier molecular flexibility index (Phi) is 3.00. The van der Waals surface area contributed by atoms with Crippen molar-refractivity contribution in [2.45, 2.75) is 13.8 Å². The zero-order chi connectivity index (χ0) is 13.4. The topological polar surface area (TPSA) is 60.7 Å². The zero-order valence-electron chi connectivity index (χ0n) is 10.3. The Balaban J connectivity index is 2.22. The molecule has 0 unspecified atom stereocenters. The van der Waals surface area contributed by atoms with Crippen molar-refractivity contribution in [2.24, 2.45) is 0 Å². The summed E-state index contributed by atoms with van der Waals surface area (Å²) < 4.78 is 1.64. The fourth-order valence-corrected chi connectivity index (χ4v) is 3.32. The summed E-state index contributed by atoms with van der Waals surface area (Å²) in [5.41, 5.74) is 2.02. The minimum absolute atomic E-state index is 0.341. The molecule has 3 rings (SSSR count). The molecule has 19 heavy (non-hydrogen) atoms. The number of carbonyl (C=O) groups is 1. The van der Waals surface area contributed by atoms with Crippen LogP contribution in [0.25, 0.3) is 15.7 Å². The van der Waals surface area contributed by atoms with Crippen molar-refractivity contribution in [3.05, 3.63) is 33.8 Å². The van der Waals surface area contributed by atoms with Gasteiger partial charge in [-0.1, -0.05) is 22.6 Å². The van der Waals surface area contributed by atoms with E-state index in [9.17, 15) is 4.79 Å². The standard InChI is InChI=1S/C12H10N4OS2/c1-7-8(2)19-12(13-7)16-11(9(6-17)14-15-16)10-4-3-5-18-10/h3-6H,1-2H3. The van der Waals surface area contributed by atoms with Crippen LogP contribution in [0, 0.1) is 13.8 Å². The molecule has 3 heterocycles. The highest BCUT2D eigenvalue weighted by molar-refractivity contribution is 7.14. The fraction of sp³-hybridized carbons (Fsp3) is 0.167. The number of hydrogen-bond acceptors (Lipinski definition) is 6. The summed E-state index contributed by atoms with van der Waals surface area (Å²) in [7, 11) is 0. The third-order valence-electron chi connectivity index (χ3n) is 2.76. The first-order valence-electron chi connectivity index (χ1n) is 5.60. The van der Waals surface area contributed by atoms with Gasteiger partial charge in [0.1, 0.15) is 5.69 Å². The van der Waals surface area contributed by atoms with Gasteiger partial charge in [0.15, 0.2) is 12.0 Å². The van der Waals surface area contributed by atoms with Crippen LogP contribution in [-0.4, -0.2) is 26.3 Å². The number of nitrogens with zero attached hydrogens (tertiary/aromatic N) is 4. The molecule has 0 bridgehead atoms. The number of carbonyl (C=O) groups excluding carboxylic acids is 1. The van der Waals surface area contributed by atoms with Crippen LogP contribution >= 0.6 is 22.7 Å². The molecule has 0 spiro atoms. The van der Waals surface area contributed by atoms with Crippen LogP contribution in [0.4, 0.5) is 0 Å². The molecule has 0 atom stereocenters. The third kappa shape index (κ3) is 2.00. The Hall–Kier alpha value is -1.86. The largest absolute Gasteiger partial charge is 0.296 e. The van der Waals surface area contributed by atoms with Crippen LogP contribution in [-0.2, 0) is 0 Å². The van der Waals surface area contributed by atoms with E-state index in [1.54, 1.807) is 27.4 Å². The molecule has 5 nitrogen and oxygen atoms in total. The molecule has 0 N–H and O–H groups in total. The third-order valence-corrected chi connectivity index (χ3v) is 4.69. The van der Waals surface area contributed by atoms with Gasteiger partial charge in [-0.2, -0.15) is 4.68 Å². The number of thiophene rings is 1. The van der Waals surface area contributed by atoms with Gasteiger partial charge >= 0.3 is 0 Å². The Morgan fingerprint density at radius 1 is 1.37 bits per heavy atom. The Morgan fingerprint density at radius 2 is 2.21 bits per heavy atom. The van der Waals surface area contributed by atoms with Crippen LogP contribution in [0.2, 0.25) is 0 Å². The molecule has 0 aliphatic heterocycles. The zero-order valence-corrected chi connectivity index (χ0v) is 12.0. The van der Waals surface area contributed by atoms with E-state index < -0.39 is 0 Å². The maximum absolute atomic E-state index is 11.1. The lowest BCUT2D eigenvalue weighted by Crippen LogP contribution is -1.98. The predicted molar refractivity (Wildman–Crippen MR) is 75.2 cm³/mol. The number of aromatic nitrogens is 4. The van der Waals surface area contributed by atoms with Gasteiger partial charge in [-0.15, -0.1) is 16.4 Å². The van der Waals surface area contributed by atoms with Gasteiger partial charge in [0.25, 0.3) is 0 Å². The monoisotopic (exact) mass is 290 g/mol. The number of rotatable bonds is 3. The van der Waals surface area contributed by atoms with E-state index in [1.807, 2.05) is 31.4 Å². The van der Waals surface area contributed by atoms with E-state index in [0.29, 0.717) is 11.4 Å². The number of thiazole rings is 1. The van der Waals surface area contributed by atoms with Crippen molar-refractivity contribution < 1.29 is 4.79 Å². The Morgan fingerprint density at radius 3 is 2.79 bits per heavy atom. The van der Waals surface area contributed by atoms with Crippen LogP contribution in [0.5, 0.6) is 0 Å². The lowest BCUT2D eigenvalue weighted by molar-refractivity contribution is 0.111. The summed E-state index contributed by atoms with van der Waals surface area (Å²) in [4.78, 5) is 17.7. The molecule has 3 aromatic rings. The minimum atomic E-state index is 0.341. The molecule has 0 aromatic carbocycles. The number of aryl methyl sites for hydroxylation is 2. The first kappa shape index (κ1) is 12.2. The lowest BCUT2D eigenvalue weighted by atomic mass is 10.3. The van der Waals surface area contributed by atoms with Gasteiger partial charge in [-0.3, -0.25) is 4.79 Å². The average molecular weight is 290 g/mol. The van der Waals surface area contributed by atoms with Gasteiger partial charge in [-0.05, 0) is 25.3 Å². The predicted octanol–water partition coefficient (Wildman–Crippen LogP) is 2.88. The molecular formula is C12H10N4OS2. The second-order valence-corrected chi connectivity index (χ2v) is 6.10. The van der Waals surface area contributed by atoms with E-state index >= 15 is 0 Å². The van der Waals surface area contributed by atoms with Crippen LogP contribution in [0.3, 0.4) is 0 Å². The smallest absolute Gasteiger partial charge is 0.212 e. The molecule has 3 aromatic heterocycles. The van der Waals surface area contributed by atoms with Crippen LogP contribution < -0.4 is 0 Å². The molecule has 0 saturated carbocycles. The summed E-state index contributed by atoms with van der Waals surface area (Å²) >= 11 is 3.09. The quantitative estimate of drug-likeness (QED) is 0.696. The van der Waals surface area contributed by atoms with E-state index in [2.05, 4.69) is 15.3 Å². The molecule has 0 aliphatic rings. The van der Waals surface area contributed by atoms with E-state index in [4.69, 9.17) is 0 Å². The second kappa shape index (κ2) is 4.67. The van der Waals surface area contributed by atoms with Crippen molar-refractivity contribution in [3.8, 4) is 15.7 Å². The molecule has 0 saturated heterocycles. The normalized spacial score (nSPS) is 10.8. The summed E-state index contributed by atoms with van der Waals surface area (Å²) in [6.07, 6.45) is 0.728. The Labute approximate surface area is 117 Å². The van der Waals surface area contributed by atoms with Gasteiger partial charge in [-0.25, -0.2) is 4.98 Å². The van der Waals surface area contributed by atoms with Crippen molar-refractivity contribution in [3.63, 3.8) is 0 Å². The summed E-state index contributed by atoms with van der Waals surface area (Å²) in [6.45, 7) is 3.97. The van der Waals surface area contributed by atoms with Crippen LogP contribution in [0.1, 0.15) is 21.1 Å². The van der Waals surface area contributed by atoms with Crippen molar-refractivity contribution in [1.29, 1.82) is 0 Å². The summed E-state index contributed by atoms with van der Waals surface area (Å²) in [6, 6.07) is 3.88. The average Bonchev–Trinajstić information content (AvgIpc) is 3.09. The highest BCUT2D eigenvalue weighted by Gasteiger charge is 2.19. The Bertz CT molecular complexity index is 708. The molecule has 96 valence electrons. The molecule has 0 radical (unpaired) electrons. The number of aldehydes is 1. The molecule has 7 heteroatoms. The maximum atomic E-state index is 11.1. The fourth-order valence-electron chi connectivity index (χ4n) is 1.70. The number of hydrogen-bond donors (Lipinski definition) is 0.